The van der Waals surface area contributed by atoms with Gasteiger partial charge in [-0.1, -0.05) is 0 Å². The Balaban J connectivity index is 2.40. The molecule has 1 aromatic rings. The smallest absolute Gasteiger partial charge is 0.323 e. The average Bonchev–Trinajstić information content (AvgIpc) is 2.18. The van der Waals surface area contributed by atoms with E-state index >= 15 is 0 Å². The Morgan fingerprint density at radius 3 is 2.50 bits per heavy atom. The third-order valence-corrected chi connectivity index (χ3v) is 1.83. The topological polar surface area (TPSA) is 97.1 Å². The minimum absolute atomic E-state index is 0.328. The quantitative estimate of drug-likeness (QED) is 0.616. The molecule has 4 N–H and O–H groups in total. The van der Waals surface area contributed by atoms with Gasteiger partial charge >= 0.3 is 6.03 Å². The third-order valence-electron chi connectivity index (χ3n) is 1.24. The van der Waals surface area contributed by atoms with Gasteiger partial charge in [-0.15, -0.1) is 0 Å². The summed E-state index contributed by atoms with van der Waals surface area (Å²) in [6.07, 6.45) is 3.00. The summed E-state index contributed by atoms with van der Waals surface area (Å²) in [5, 5.41) is 0. The van der Waals surface area contributed by atoms with Crippen molar-refractivity contribution in [1.82, 2.24) is 14.4 Å². The van der Waals surface area contributed by atoms with E-state index in [1.807, 2.05) is 0 Å². The Morgan fingerprint density at radius 2 is 1.93 bits per heavy atom. The number of hydrogen-bond donors (Lipinski definition) is 3. The van der Waals surface area contributed by atoms with E-state index in [1.165, 1.54) is 12.4 Å². The van der Waals surface area contributed by atoms with Crippen LogP contribution in [0.5, 0.6) is 0 Å². The molecule has 0 aromatic carbocycles. The number of aromatic nitrogens is 1. The Morgan fingerprint density at radius 1 is 1.29 bits per heavy atom. The van der Waals surface area contributed by atoms with Crippen LogP contribution in [0.1, 0.15) is 10.4 Å². The number of nitrogens with zero attached hydrogens (tertiary/aromatic N) is 1. The zero-order valence-corrected chi connectivity index (χ0v) is 7.88. The standard InChI is InChI=1S/C7H8N4O2S/c8-7(13)11-14-10-6(12)5-1-3-9-4-2-5/h1-4H,(H,10,12)(H3,8,11,13). The molecule has 0 fully saturated rings. The molecule has 0 spiro atoms. The monoisotopic (exact) mass is 212 g/mol. The van der Waals surface area contributed by atoms with E-state index in [-0.39, 0.29) is 5.91 Å². The predicted octanol–water partition coefficient (Wildman–Crippen LogP) is 0.0429. The maximum absolute atomic E-state index is 11.3. The van der Waals surface area contributed by atoms with Gasteiger partial charge < -0.3 is 5.73 Å². The minimum Gasteiger partial charge on any atom is -0.351 e. The average molecular weight is 212 g/mol. The van der Waals surface area contributed by atoms with Gasteiger partial charge in [0, 0.05) is 18.0 Å². The van der Waals surface area contributed by atoms with Crippen molar-refractivity contribution in [3.8, 4) is 0 Å². The van der Waals surface area contributed by atoms with Gasteiger partial charge in [0.2, 0.25) is 0 Å². The van der Waals surface area contributed by atoms with Crippen molar-refractivity contribution in [2.75, 3.05) is 0 Å². The lowest BCUT2D eigenvalue weighted by atomic mass is 10.3. The summed E-state index contributed by atoms with van der Waals surface area (Å²) in [6, 6.07) is 2.39. The lowest BCUT2D eigenvalue weighted by molar-refractivity contribution is 0.0984. The molecule has 0 aliphatic rings. The van der Waals surface area contributed by atoms with Crippen molar-refractivity contribution in [1.29, 1.82) is 0 Å². The Kier molecular flexibility index (Phi) is 3.74. The molecule has 0 radical (unpaired) electrons. The van der Waals surface area contributed by atoms with Gasteiger partial charge in [-0.05, 0) is 12.1 Å². The second kappa shape index (κ2) is 5.07. The lowest BCUT2D eigenvalue weighted by Gasteiger charge is -2.02. The summed E-state index contributed by atoms with van der Waals surface area (Å²) in [7, 11) is 0. The Hall–Kier alpha value is -1.76. The number of carbonyl (C=O) groups is 2. The zero-order chi connectivity index (χ0) is 10.4. The first-order valence-corrected chi connectivity index (χ1v) is 4.43. The molecule has 6 nitrogen and oxygen atoms in total. The molecule has 14 heavy (non-hydrogen) atoms. The first-order chi connectivity index (χ1) is 6.70. The van der Waals surface area contributed by atoms with Gasteiger partial charge in [-0.3, -0.25) is 19.2 Å². The molecular weight excluding hydrogens is 204 g/mol. The SMILES string of the molecule is NC(=O)NSNC(=O)c1ccncc1. The summed E-state index contributed by atoms with van der Waals surface area (Å²) in [4.78, 5) is 25.3. The number of carbonyl (C=O) groups excluding carboxylic acids is 2. The molecule has 1 rings (SSSR count). The van der Waals surface area contributed by atoms with Gasteiger partial charge in [0.1, 0.15) is 0 Å². The number of rotatable bonds is 3. The Bertz CT molecular complexity index is 330. The maximum atomic E-state index is 11.3. The molecule has 3 amide bonds. The molecule has 0 bridgehead atoms. The highest BCUT2D eigenvalue weighted by Gasteiger charge is 2.03. The van der Waals surface area contributed by atoms with Gasteiger partial charge in [-0.25, -0.2) is 4.79 Å². The molecule has 0 saturated heterocycles. The predicted molar refractivity (Wildman–Crippen MR) is 52.0 cm³/mol. The van der Waals surface area contributed by atoms with Crippen molar-refractivity contribution in [3.63, 3.8) is 0 Å². The number of urea groups is 1. The first-order valence-electron chi connectivity index (χ1n) is 3.62. The van der Waals surface area contributed by atoms with Crippen LogP contribution in [-0.4, -0.2) is 16.9 Å². The molecule has 0 unspecified atom stereocenters. The van der Waals surface area contributed by atoms with Crippen LogP contribution in [0.4, 0.5) is 4.79 Å². The highest BCUT2D eigenvalue weighted by atomic mass is 32.2. The van der Waals surface area contributed by atoms with E-state index in [0.717, 1.165) is 12.1 Å². The summed E-state index contributed by atoms with van der Waals surface area (Å²) in [5.74, 6) is -0.328. The number of hydrogen-bond acceptors (Lipinski definition) is 4. The lowest BCUT2D eigenvalue weighted by Crippen LogP contribution is -2.28. The molecule has 0 saturated carbocycles. The van der Waals surface area contributed by atoms with Crippen LogP contribution < -0.4 is 15.2 Å². The first kappa shape index (κ1) is 10.3. The van der Waals surface area contributed by atoms with Crippen LogP contribution >= 0.6 is 12.1 Å². The summed E-state index contributed by atoms with van der Waals surface area (Å²) < 4.78 is 4.52. The van der Waals surface area contributed by atoms with E-state index in [2.05, 4.69) is 14.4 Å². The molecule has 1 aromatic heterocycles. The molecule has 0 atom stereocenters. The normalized spacial score (nSPS) is 9.14. The van der Waals surface area contributed by atoms with Crippen LogP contribution in [0.15, 0.2) is 24.5 Å². The van der Waals surface area contributed by atoms with Crippen molar-refractivity contribution < 1.29 is 9.59 Å². The van der Waals surface area contributed by atoms with Gasteiger partial charge in [0.15, 0.2) is 0 Å². The number of primary amides is 1. The molecule has 0 aliphatic carbocycles. The van der Waals surface area contributed by atoms with Gasteiger partial charge in [0.25, 0.3) is 5.91 Å². The van der Waals surface area contributed by atoms with Gasteiger partial charge in [-0.2, -0.15) is 0 Å². The fourth-order valence-corrected chi connectivity index (χ4v) is 1.05. The van der Waals surface area contributed by atoms with E-state index in [1.54, 1.807) is 12.1 Å². The highest BCUT2D eigenvalue weighted by Crippen LogP contribution is 1.97. The van der Waals surface area contributed by atoms with Crippen molar-refractivity contribution in [2.24, 2.45) is 5.73 Å². The number of nitrogens with one attached hydrogen (secondary N) is 2. The highest BCUT2D eigenvalue weighted by molar-refractivity contribution is 7.96. The van der Waals surface area contributed by atoms with E-state index in [0.29, 0.717) is 5.56 Å². The van der Waals surface area contributed by atoms with Crippen LogP contribution in [0.25, 0.3) is 0 Å². The zero-order valence-electron chi connectivity index (χ0n) is 7.06. The summed E-state index contributed by atoms with van der Waals surface area (Å²) in [5.41, 5.74) is 5.24. The Labute approximate surface area is 84.5 Å². The van der Waals surface area contributed by atoms with Gasteiger partial charge in [0.05, 0.1) is 12.1 Å². The van der Waals surface area contributed by atoms with E-state index in [9.17, 15) is 9.59 Å². The van der Waals surface area contributed by atoms with Crippen molar-refractivity contribution in [3.05, 3.63) is 30.1 Å². The fraction of sp³-hybridized carbons (Fsp3) is 0. The van der Waals surface area contributed by atoms with Crippen LogP contribution in [0.3, 0.4) is 0 Å². The number of amides is 3. The molecule has 1 heterocycles. The van der Waals surface area contributed by atoms with Crippen LogP contribution in [0, 0.1) is 0 Å². The second-order valence-corrected chi connectivity index (χ2v) is 2.85. The van der Waals surface area contributed by atoms with Crippen molar-refractivity contribution in [2.45, 2.75) is 0 Å². The largest absolute Gasteiger partial charge is 0.351 e. The summed E-state index contributed by atoms with van der Waals surface area (Å²) >= 11 is 0.720. The number of nitrogens with two attached hydrogens (primary N) is 1. The minimum atomic E-state index is -0.718. The maximum Gasteiger partial charge on any atom is 0.323 e. The molecular formula is C7H8N4O2S. The number of pyridine rings is 1. The van der Waals surface area contributed by atoms with E-state index < -0.39 is 6.03 Å². The third kappa shape index (κ3) is 3.31. The molecule has 7 heteroatoms. The van der Waals surface area contributed by atoms with Crippen molar-refractivity contribution >= 4 is 24.1 Å². The van der Waals surface area contributed by atoms with E-state index in [4.69, 9.17) is 5.73 Å². The summed E-state index contributed by atoms with van der Waals surface area (Å²) in [6.45, 7) is 0. The molecule has 74 valence electrons. The fourth-order valence-electron chi connectivity index (χ4n) is 0.684. The molecule has 0 aliphatic heterocycles. The van der Waals surface area contributed by atoms with Crippen LogP contribution in [-0.2, 0) is 0 Å². The van der Waals surface area contributed by atoms with Crippen LogP contribution in [0.2, 0.25) is 0 Å². The second-order valence-electron chi connectivity index (χ2n) is 2.24.